The molecule has 2 fully saturated rings. The van der Waals surface area contributed by atoms with E-state index in [9.17, 15) is 4.39 Å². The maximum atomic E-state index is 14.3. The molecule has 32 heavy (non-hydrogen) atoms. The van der Waals surface area contributed by atoms with Gasteiger partial charge in [-0.3, -0.25) is 4.90 Å². The third kappa shape index (κ3) is 6.16. The molecule has 2 aliphatic rings. The number of allylic oxidation sites excluding steroid dienone is 1. The number of anilines is 3. The highest BCUT2D eigenvalue weighted by Gasteiger charge is 2.19. The number of ether oxygens (including phenoxy) is 1. The van der Waals surface area contributed by atoms with Gasteiger partial charge in [0, 0.05) is 24.8 Å². The summed E-state index contributed by atoms with van der Waals surface area (Å²) in [6.07, 6.45) is 13.1. The third-order valence-electron chi connectivity index (χ3n) is 6.09. The van der Waals surface area contributed by atoms with Crippen LogP contribution in [0.3, 0.4) is 0 Å². The molecule has 0 amide bonds. The molecule has 0 aromatic carbocycles. The number of halogens is 1. The Labute approximate surface area is 189 Å². The summed E-state index contributed by atoms with van der Waals surface area (Å²) in [5.74, 6) is 1.20. The normalized spacial score (nSPS) is 18.0. The third-order valence-corrected chi connectivity index (χ3v) is 6.09. The zero-order valence-electron chi connectivity index (χ0n) is 18.8. The number of piperidine rings is 1. The van der Waals surface area contributed by atoms with Crippen molar-refractivity contribution in [3.63, 3.8) is 0 Å². The van der Waals surface area contributed by atoms with Crippen molar-refractivity contribution in [1.82, 2.24) is 19.9 Å². The molecular weight excluding hydrogens is 407 g/mol. The fourth-order valence-corrected chi connectivity index (χ4v) is 4.28. The summed E-state index contributed by atoms with van der Waals surface area (Å²) in [7, 11) is 0. The van der Waals surface area contributed by atoms with E-state index in [1.54, 1.807) is 13.1 Å². The summed E-state index contributed by atoms with van der Waals surface area (Å²) in [6.45, 7) is 5.56. The predicted molar refractivity (Wildman–Crippen MR) is 126 cm³/mol. The molecule has 0 bridgehead atoms. The summed E-state index contributed by atoms with van der Waals surface area (Å²) in [6, 6.07) is 4.05. The van der Waals surface area contributed by atoms with E-state index < -0.39 is 0 Å². The van der Waals surface area contributed by atoms with Gasteiger partial charge in [0.2, 0.25) is 11.8 Å². The molecule has 0 spiro atoms. The van der Waals surface area contributed by atoms with Gasteiger partial charge in [0.15, 0.2) is 0 Å². The van der Waals surface area contributed by atoms with Crippen LogP contribution in [0.25, 0.3) is 5.83 Å². The molecule has 7 nitrogen and oxygen atoms in total. The first kappa shape index (κ1) is 22.5. The number of nitrogens with one attached hydrogen (secondary N) is 2. The van der Waals surface area contributed by atoms with E-state index in [0.29, 0.717) is 35.9 Å². The molecule has 172 valence electrons. The summed E-state index contributed by atoms with van der Waals surface area (Å²) in [5, 5.41) is 6.56. The summed E-state index contributed by atoms with van der Waals surface area (Å²) < 4.78 is 20.1. The van der Waals surface area contributed by atoms with Crippen LogP contribution in [0.1, 0.15) is 57.4 Å². The minimum atomic E-state index is -0.329. The van der Waals surface area contributed by atoms with Crippen LogP contribution in [-0.2, 0) is 0 Å². The molecule has 2 aromatic heterocycles. The number of likely N-dealkylation sites (tertiary alicyclic amines) is 1. The number of hydrogen-bond donors (Lipinski definition) is 2. The smallest absolute Gasteiger partial charge is 0.229 e. The zero-order valence-corrected chi connectivity index (χ0v) is 18.8. The zero-order chi connectivity index (χ0) is 22.2. The van der Waals surface area contributed by atoms with E-state index in [0.717, 1.165) is 38.2 Å². The fourth-order valence-electron chi connectivity index (χ4n) is 4.28. The van der Waals surface area contributed by atoms with E-state index in [1.807, 2.05) is 12.1 Å². The van der Waals surface area contributed by atoms with Crippen molar-refractivity contribution in [3.05, 3.63) is 36.2 Å². The molecule has 4 rings (SSSR count). The monoisotopic (exact) mass is 440 g/mol. The van der Waals surface area contributed by atoms with E-state index in [2.05, 4.69) is 30.5 Å². The van der Waals surface area contributed by atoms with Crippen molar-refractivity contribution in [1.29, 1.82) is 0 Å². The Morgan fingerprint density at radius 1 is 1.12 bits per heavy atom. The second-order valence-electron chi connectivity index (χ2n) is 8.48. The second kappa shape index (κ2) is 11.2. The second-order valence-corrected chi connectivity index (χ2v) is 8.48. The van der Waals surface area contributed by atoms with Crippen molar-refractivity contribution in [2.45, 2.75) is 57.9 Å². The molecule has 8 heteroatoms. The van der Waals surface area contributed by atoms with Crippen LogP contribution in [0.4, 0.5) is 21.8 Å². The van der Waals surface area contributed by atoms with Gasteiger partial charge in [-0.05, 0) is 51.8 Å². The highest BCUT2D eigenvalue weighted by molar-refractivity contribution is 5.70. The van der Waals surface area contributed by atoms with Crippen molar-refractivity contribution < 1.29 is 9.13 Å². The Balaban J connectivity index is 1.36. The quantitative estimate of drug-likeness (QED) is 0.557. The summed E-state index contributed by atoms with van der Waals surface area (Å²) in [4.78, 5) is 15.7. The lowest BCUT2D eigenvalue weighted by molar-refractivity contribution is 0.180. The van der Waals surface area contributed by atoms with Crippen LogP contribution >= 0.6 is 0 Å². The maximum absolute atomic E-state index is 14.3. The lowest BCUT2D eigenvalue weighted by Gasteiger charge is -2.26. The van der Waals surface area contributed by atoms with Gasteiger partial charge in [-0.15, -0.1) is 0 Å². The van der Waals surface area contributed by atoms with E-state index in [1.165, 1.54) is 44.4 Å². The van der Waals surface area contributed by atoms with Gasteiger partial charge in [-0.25, -0.2) is 14.4 Å². The molecule has 1 aliphatic carbocycles. The van der Waals surface area contributed by atoms with Crippen LogP contribution < -0.4 is 15.4 Å². The standard InChI is InChI=1S/C24H33FN6O/c1-2-21(25)20-17-27-24(30-23(20)28-18-8-4-5-9-18)29-19-10-11-22(26-16-19)32-15-14-31-12-6-3-7-13-31/h2,10-11,16-18H,3-9,12-15H2,1H3,(H2,27,28,29,30)/b21-2-. The SMILES string of the molecule is C/C=C(\F)c1cnc(Nc2ccc(OCCN3CCCCC3)nc2)nc1NC1CCCC1. The number of hydrogen-bond acceptors (Lipinski definition) is 7. The summed E-state index contributed by atoms with van der Waals surface area (Å²) in [5.41, 5.74) is 1.14. The van der Waals surface area contributed by atoms with Crippen LogP contribution in [-0.4, -0.2) is 52.1 Å². The van der Waals surface area contributed by atoms with Gasteiger partial charge in [-0.2, -0.15) is 4.98 Å². The molecule has 3 heterocycles. The van der Waals surface area contributed by atoms with Crippen LogP contribution in [0.2, 0.25) is 0 Å². The average molecular weight is 441 g/mol. The lowest BCUT2D eigenvalue weighted by atomic mass is 10.1. The maximum Gasteiger partial charge on any atom is 0.229 e. The highest BCUT2D eigenvalue weighted by Crippen LogP contribution is 2.28. The minimum Gasteiger partial charge on any atom is -0.476 e. The van der Waals surface area contributed by atoms with Crippen LogP contribution in [0.5, 0.6) is 5.88 Å². The van der Waals surface area contributed by atoms with Crippen molar-refractivity contribution in [2.75, 3.05) is 36.9 Å². The van der Waals surface area contributed by atoms with Gasteiger partial charge in [0.25, 0.3) is 0 Å². The molecule has 0 atom stereocenters. The van der Waals surface area contributed by atoms with Gasteiger partial charge in [0.05, 0.1) is 17.4 Å². The van der Waals surface area contributed by atoms with E-state index in [4.69, 9.17) is 4.74 Å². The molecule has 1 aliphatic heterocycles. The van der Waals surface area contributed by atoms with E-state index in [-0.39, 0.29) is 5.83 Å². The van der Waals surface area contributed by atoms with Gasteiger partial charge >= 0.3 is 0 Å². The fraction of sp³-hybridized carbons (Fsp3) is 0.542. The first-order chi connectivity index (χ1) is 15.7. The number of nitrogens with zero attached hydrogens (tertiary/aromatic N) is 4. The molecule has 0 radical (unpaired) electrons. The first-order valence-corrected chi connectivity index (χ1v) is 11.8. The van der Waals surface area contributed by atoms with Crippen molar-refractivity contribution >= 4 is 23.3 Å². The Bertz CT molecular complexity index is 892. The van der Waals surface area contributed by atoms with Crippen LogP contribution in [0.15, 0.2) is 30.6 Å². The topological polar surface area (TPSA) is 75.2 Å². The average Bonchev–Trinajstić information content (AvgIpc) is 3.34. The molecule has 1 saturated carbocycles. The van der Waals surface area contributed by atoms with E-state index >= 15 is 0 Å². The summed E-state index contributed by atoms with van der Waals surface area (Å²) >= 11 is 0. The van der Waals surface area contributed by atoms with Gasteiger partial charge in [-0.1, -0.05) is 25.3 Å². The minimum absolute atomic E-state index is 0.323. The molecule has 0 unspecified atom stereocenters. The van der Waals surface area contributed by atoms with Gasteiger partial charge < -0.3 is 15.4 Å². The molecular formula is C24H33FN6O. The molecule has 2 N–H and O–H groups in total. The Morgan fingerprint density at radius 2 is 1.94 bits per heavy atom. The Hall–Kier alpha value is -2.74. The highest BCUT2D eigenvalue weighted by atomic mass is 19.1. The predicted octanol–water partition coefficient (Wildman–Crippen LogP) is 5.16. The van der Waals surface area contributed by atoms with Gasteiger partial charge in [0.1, 0.15) is 18.3 Å². The van der Waals surface area contributed by atoms with Crippen molar-refractivity contribution in [3.8, 4) is 5.88 Å². The number of pyridine rings is 1. The molecule has 1 saturated heterocycles. The van der Waals surface area contributed by atoms with Crippen molar-refractivity contribution in [2.24, 2.45) is 0 Å². The Kier molecular flexibility index (Phi) is 7.87. The number of aromatic nitrogens is 3. The Morgan fingerprint density at radius 3 is 2.66 bits per heavy atom. The lowest BCUT2D eigenvalue weighted by Crippen LogP contribution is -2.33. The number of rotatable bonds is 9. The largest absolute Gasteiger partial charge is 0.476 e. The molecule has 2 aromatic rings. The first-order valence-electron chi connectivity index (χ1n) is 11.8. The van der Waals surface area contributed by atoms with Crippen LogP contribution in [0, 0.1) is 0 Å².